The van der Waals surface area contributed by atoms with E-state index in [1.54, 1.807) is 0 Å². The quantitative estimate of drug-likeness (QED) is 0.894. The summed E-state index contributed by atoms with van der Waals surface area (Å²) in [4.78, 5) is 16.0. The van der Waals surface area contributed by atoms with Gasteiger partial charge in [-0.25, -0.2) is 4.98 Å². The van der Waals surface area contributed by atoms with E-state index >= 15 is 0 Å². The molecular weight excluding hydrogens is 327 g/mol. The first-order valence-corrected chi connectivity index (χ1v) is 7.41. The number of hydrogen-bond donors (Lipinski definition) is 2. The van der Waals surface area contributed by atoms with Crippen LogP contribution in [0.5, 0.6) is 0 Å². The molecule has 2 heterocycles. The van der Waals surface area contributed by atoms with Gasteiger partial charge in [-0.15, -0.1) is 0 Å². The normalized spacial score (nSPS) is 17.8. The number of amides is 1. The Hall–Kier alpha value is -2.13. The van der Waals surface area contributed by atoms with Crippen LogP contribution < -0.4 is 11.1 Å². The standard InChI is InChI=1S/C15H16F3N3O3/c16-15(17,18)13-21-10-7-9(1-2-11(10)24-13)20-12(22)14(8-19)3-5-23-6-4-14/h1-2,7H,3-6,8,19H2,(H,20,22). The third kappa shape index (κ3) is 3.09. The summed E-state index contributed by atoms with van der Waals surface area (Å²) in [6.07, 6.45) is -3.66. The van der Waals surface area contributed by atoms with Gasteiger partial charge in [0.1, 0.15) is 5.52 Å². The molecule has 130 valence electrons. The highest BCUT2D eigenvalue weighted by atomic mass is 19.4. The predicted octanol–water partition coefficient (Wildman–Crippen LogP) is 2.54. The molecule has 0 spiro atoms. The van der Waals surface area contributed by atoms with Crippen molar-refractivity contribution < 1.29 is 27.1 Å². The molecule has 2 aromatic rings. The fourth-order valence-electron chi connectivity index (χ4n) is 2.68. The first kappa shape index (κ1) is 16.7. The van der Waals surface area contributed by atoms with Gasteiger partial charge < -0.3 is 20.2 Å². The number of nitrogens with zero attached hydrogens (tertiary/aromatic N) is 1. The SMILES string of the molecule is NCC1(C(=O)Nc2ccc3oc(C(F)(F)F)nc3c2)CCOCC1. The summed E-state index contributed by atoms with van der Waals surface area (Å²) in [7, 11) is 0. The number of ether oxygens (including phenoxy) is 1. The lowest BCUT2D eigenvalue weighted by atomic mass is 9.79. The van der Waals surface area contributed by atoms with Gasteiger partial charge in [0, 0.05) is 25.4 Å². The van der Waals surface area contributed by atoms with E-state index in [1.807, 2.05) is 0 Å². The highest BCUT2D eigenvalue weighted by Crippen LogP contribution is 2.33. The molecule has 6 nitrogen and oxygen atoms in total. The Morgan fingerprint density at radius 2 is 2.04 bits per heavy atom. The molecule has 24 heavy (non-hydrogen) atoms. The Morgan fingerprint density at radius 3 is 2.67 bits per heavy atom. The van der Waals surface area contributed by atoms with Crippen LogP contribution in [0, 0.1) is 5.41 Å². The smallest absolute Gasteiger partial charge is 0.433 e. The second kappa shape index (κ2) is 6.06. The maximum atomic E-state index is 12.6. The van der Waals surface area contributed by atoms with Crippen molar-refractivity contribution in [1.29, 1.82) is 0 Å². The maximum absolute atomic E-state index is 12.6. The van der Waals surface area contributed by atoms with Gasteiger partial charge in [0.2, 0.25) is 5.91 Å². The summed E-state index contributed by atoms with van der Waals surface area (Å²) < 4.78 is 47.8. The first-order valence-electron chi connectivity index (χ1n) is 7.41. The van der Waals surface area contributed by atoms with E-state index in [0.29, 0.717) is 31.7 Å². The lowest BCUT2D eigenvalue weighted by Crippen LogP contribution is -2.46. The minimum Gasteiger partial charge on any atom is -0.433 e. The number of oxazole rings is 1. The van der Waals surface area contributed by atoms with Crippen molar-refractivity contribution in [2.45, 2.75) is 19.0 Å². The number of halogens is 3. The second-order valence-electron chi connectivity index (χ2n) is 5.75. The van der Waals surface area contributed by atoms with Crippen molar-refractivity contribution in [3.8, 4) is 0 Å². The van der Waals surface area contributed by atoms with Crippen molar-refractivity contribution in [3.63, 3.8) is 0 Å². The number of nitrogens with one attached hydrogen (secondary N) is 1. The molecule has 0 aliphatic carbocycles. The summed E-state index contributed by atoms with van der Waals surface area (Å²) in [5.41, 5.74) is 5.40. The number of nitrogens with two attached hydrogens (primary N) is 1. The maximum Gasteiger partial charge on any atom is 0.468 e. The number of rotatable bonds is 3. The molecule has 0 bridgehead atoms. The van der Waals surface area contributed by atoms with Crippen LogP contribution in [0.4, 0.5) is 18.9 Å². The molecule has 1 amide bonds. The number of anilines is 1. The van der Waals surface area contributed by atoms with Crippen LogP contribution in [0.25, 0.3) is 11.1 Å². The first-order chi connectivity index (χ1) is 11.3. The van der Waals surface area contributed by atoms with E-state index in [9.17, 15) is 18.0 Å². The number of benzene rings is 1. The Bertz CT molecular complexity index is 751. The molecule has 1 fully saturated rings. The Kier molecular flexibility index (Phi) is 4.22. The molecule has 9 heteroatoms. The summed E-state index contributed by atoms with van der Waals surface area (Å²) in [6.45, 7) is 1.07. The van der Waals surface area contributed by atoms with Gasteiger partial charge in [0.25, 0.3) is 0 Å². The van der Waals surface area contributed by atoms with Crippen LogP contribution >= 0.6 is 0 Å². The highest BCUT2D eigenvalue weighted by Gasteiger charge is 2.39. The van der Waals surface area contributed by atoms with E-state index < -0.39 is 17.5 Å². The van der Waals surface area contributed by atoms with Gasteiger partial charge in [-0.2, -0.15) is 13.2 Å². The molecule has 1 aliphatic heterocycles. The number of fused-ring (bicyclic) bond motifs is 1. The fourth-order valence-corrected chi connectivity index (χ4v) is 2.68. The molecule has 0 radical (unpaired) electrons. The molecule has 3 rings (SSSR count). The van der Waals surface area contributed by atoms with Crippen molar-refractivity contribution in [3.05, 3.63) is 24.1 Å². The lowest BCUT2D eigenvalue weighted by Gasteiger charge is -2.34. The van der Waals surface area contributed by atoms with E-state index in [-0.39, 0.29) is 23.6 Å². The molecule has 0 unspecified atom stereocenters. The van der Waals surface area contributed by atoms with Crippen LogP contribution in [-0.4, -0.2) is 30.6 Å². The average Bonchev–Trinajstić information content (AvgIpc) is 2.99. The summed E-state index contributed by atoms with van der Waals surface area (Å²) in [5.74, 6) is -1.59. The zero-order valence-corrected chi connectivity index (χ0v) is 12.7. The van der Waals surface area contributed by atoms with Crippen molar-refractivity contribution >= 4 is 22.7 Å². The molecule has 1 saturated heterocycles. The highest BCUT2D eigenvalue weighted by molar-refractivity contribution is 5.97. The van der Waals surface area contributed by atoms with Crippen LogP contribution in [0.1, 0.15) is 18.7 Å². The fraction of sp³-hybridized carbons (Fsp3) is 0.467. The predicted molar refractivity (Wildman–Crippen MR) is 79.2 cm³/mol. The van der Waals surface area contributed by atoms with Gasteiger partial charge in [0.15, 0.2) is 5.58 Å². The molecule has 3 N–H and O–H groups in total. The Balaban J connectivity index is 1.83. The molecule has 0 atom stereocenters. The molecule has 1 aliphatic rings. The molecule has 1 aromatic carbocycles. The number of carbonyl (C=O) groups is 1. The van der Waals surface area contributed by atoms with Crippen molar-refractivity contribution in [2.24, 2.45) is 11.1 Å². The Labute approximate surface area is 135 Å². The van der Waals surface area contributed by atoms with Crippen LogP contribution in [0.15, 0.2) is 22.6 Å². The zero-order chi connectivity index (χ0) is 17.4. The summed E-state index contributed by atoms with van der Waals surface area (Å²) >= 11 is 0. The van der Waals surface area contributed by atoms with Gasteiger partial charge in [-0.3, -0.25) is 4.79 Å². The topological polar surface area (TPSA) is 90.4 Å². The van der Waals surface area contributed by atoms with Gasteiger partial charge in [-0.05, 0) is 31.0 Å². The monoisotopic (exact) mass is 343 g/mol. The van der Waals surface area contributed by atoms with E-state index in [4.69, 9.17) is 10.5 Å². The number of carbonyl (C=O) groups excluding carboxylic acids is 1. The Morgan fingerprint density at radius 1 is 1.33 bits per heavy atom. The van der Waals surface area contributed by atoms with Crippen LogP contribution in [-0.2, 0) is 15.7 Å². The summed E-state index contributed by atoms with van der Waals surface area (Å²) in [5, 5.41) is 2.71. The molecule has 0 saturated carbocycles. The largest absolute Gasteiger partial charge is 0.468 e. The van der Waals surface area contributed by atoms with Gasteiger partial charge in [-0.1, -0.05) is 0 Å². The molecular formula is C15H16F3N3O3. The lowest BCUT2D eigenvalue weighted by molar-refractivity contribution is -0.156. The van der Waals surface area contributed by atoms with E-state index in [2.05, 4.69) is 14.7 Å². The number of hydrogen-bond acceptors (Lipinski definition) is 5. The third-order valence-corrected chi connectivity index (χ3v) is 4.21. The van der Waals surface area contributed by atoms with E-state index in [0.717, 1.165) is 0 Å². The third-order valence-electron chi connectivity index (χ3n) is 4.21. The van der Waals surface area contributed by atoms with Crippen molar-refractivity contribution in [1.82, 2.24) is 4.98 Å². The average molecular weight is 343 g/mol. The number of aromatic nitrogens is 1. The van der Waals surface area contributed by atoms with Crippen molar-refractivity contribution in [2.75, 3.05) is 25.1 Å². The van der Waals surface area contributed by atoms with E-state index in [1.165, 1.54) is 18.2 Å². The zero-order valence-electron chi connectivity index (χ0n) is 12.7. The summed E-state index contributed by atoms with van der Waals surface area (Å²) in [6, 6.07) is 4.15. The minimum atomic E-state index is -4.66. The van der Waals surface area contributed by atoms with Gasteiger partial charge in [0.05, 0.1) is 5.41 Å². The van der Waals surface area contributed by atoms with Gasteiger partial charge >= 0.3 is 12.1 Å². The van der Waals surface area contributed by atoms with Crippen LogP contribution in [0.2, 0.25) is 0 Å². The molecule has 1 aromatic heterocycles. The van der Waals surface area contributed by atoms with Crippen LogP contribution in [0.3, 0.4) is 0 Å². The second-order valence-corrected chi connectivity index (χ2v) is 5.75. The number of alkyl halides is 3. The minimum absolute atomic E-state index is 0.0000662.